The van der Waals surface area contributed by atoms with Gasteiger partial charge in [-0.3, -0.25) is 4.79 Å². The third-order valence-corrected chi connectivity index (χ3v) is 5.42. The van der Waals surface area contributed by atoms with Gasteiger partial charge in [-0.05, 0) is 31.4 Å². The summed E-state index contributed by atoms with van der Waals surface area (Å²) in [6.45, 7) is 0.990. The molecule has 1 saturated carbocycles. The van der Waals surface area contributed by atoms with Gasteiger partial charge < -0.3 is 4.42 Å². The van der Waals surface area contributed by atoms with Crippen molar-refractivity contribution in [2.75, 3.05) is 13.1 Å². The van der Waals surface area contributed by atoms with Crippen molar-refractivity contribution < 1.29 is 17.6 Å². The van der Waals surface area contributed by atoms with E-state index in [2.05, 4.69) is 4.72 Å². The molecule has 1 saturated heterocycles. The van der Waals surface area contributed by atoms with Crippen molar-refractivity contribution in [2.45, 2.75) is 31.6 Å². The summed E-state index contributed by atoms with van der Waals surface area (Å²) in [5.41, 5.74) is 0. The van der Waals surface area contributed by atoms with Gasteiger partial charge >= 0.3 is 10.2 Å². The maximum absolute atomic E-state index is 12.1. The molecule has 1 aliphatic heterocycles. The number of hydrogen-bond acceptors (Lipinski definition) is 4. The van der Waals surface area contributed by atoms with E-state index >= 15 is 0 Å². The molecule has 7 heteroatoms. The zero-order valence-electron chi connectivity index (χ0n) is 11.1. The van der Waals surface area contributed by atoms with Crippen LogP contribution in [-0.4, -0.2) is 31.7 Å². The number of hydrogen-bond donors (Lipinski definition) is 1. The van der Waals surface area contributed by atoms with Crippen molar-refractivity contribution in [1.29, 1.82) is 0 Å². The lowest BCUT2D eigenvalue weighted by Crippen LogP contribution is -2.46. The van der Waals surface area contributed by atoms with Gasteiger partial charge in [0.15, 0.2) is 0 Å². The average molecular weight is 298 g/mol. The smallest absolute Gasteiger partial charge is 0.303 e. The Balaban J connectivity index is 1.59. The molecule has 1 N–H and O–H groups in total. The van der Waals surface area contributed by atoms with Crippen molar-refractivity contribution in [1.82, 2.24) is 9.03 Å². The first-order chi connectivity index (χ1) is 9.58. The average Bonchev–Trinajstić information content (AvgIpc) is 3.06. The largest absolute Gasteiger partial charge is 0.469 e. The molecule has 6 nitrogen and oxygen atoms in total. The number of carbonyl (C=O) groups excluding carboxylic acids is 1. The second-order valence-electron chi connectivity index (χ2n) is 5.40. The van der Waals surface area contributed by atoms with Crippen LogP contribution < -0.4 is 4.72 Å². The molecule has 1 aromatic heterocycles. The third kappa shape index (κ3) is 2.73. The monoisotopic (exact) mass is 298 g/mol. The molecular formula is C13H18N2O4S. The van der Waals surface area contributed by atoms with Crippen LogP contribution in [-0.2, 0) is 15.0 Å². The van der Waals surface area contributed by atoms with Gasteiger partial charge in [-0.2, -0.15) is 12.7 Å². The Kier molecular flexibility index (Phi) is 3.55. The molecule has 3 rings (SSSR count). The zero-order chi connectivity index (χ0) is 14.2. The van der Waals surface area contributed by atoms with Crippen LogP contribution in [0.25, 0.3) is 0 Å². The molecule has 1 aliphatic carbocycles. The first-order valence-corrected chi connectivity index (χ1v) is 8.37. The highest BCUT2D eigenvalue weighted by Gasteiger charge is 2.47. The highest BCUT2D eigenvalue weighted by molar-refractivity contribution is 7.87. The topological polar surface area (TPSA) is 79.6 Å². The molecule has 1 amide bonds. The number of nitrogens with one attached hydrogen (secondary N) is 1. The molecule has 110 valence electrons. The molecule has 1 aromatic rings. The summed E-state index contributed by atoms with van der Waals surface area (Å²) >= 11 is 0. The van der Waals surface area contributed by atoms with Crippen LogP contribution in [0.5, 0.6) is 0 Å². The highest BCUT2D eigenvalue weighted by atomic mass is 32.2. The SMILES string of the molecule is O=C(NS(=O)(=O)N1CCCCC1)[C@@H]1C[C@@H]1c1ccco1. The van der Waals surface area contributed by atoms with Gasteiger partial charge in [-0.1, -0.05) is 6.42 Å². The zero-order valence-corrected chi connectivity index (χ0v) is 11.9. The van der Waals surface area contributed by atoms with Crippen molar-refractivity contribution in [2.24, 2.45) is 5.92 Å². The lowest BCUT2D eigenvalue weighted by Gasteiger charge is -2.25. The third-order valence-electron chi connectivity index (χ3n) is 3.92. The number of carbonyl (C=O) groups is 1. The molecule has 0 radical (unpaired) electrons. The molecule has 0 aromatic carbocycles. The number of furan rings is 1. The summed E-state index contributed by atoms with van der Waals surface area (Å²) in [5.74, 6) is 0.0553. The van der Waals surface area contributed by atoms with E-state index in [1.807, 2.05) is 6.07 Å². The second-order valence-corrected chi connectivity index (χ2v) is 7.07. The van der Waals surface area contributed by atoms with Gasteiger partial charge in [0.25, 0.3) is 0 Å². The maximum Gasteiger partial charge on any atom is 0.303 e. The highest BCUT2D eigenvalue weighted by Crippen LogP contribution is 2.47. The Bertz CT molecular complexity index is 576. The van der Waals surface area contributed by atoms with E-state index in [9.17, 15) is 13.2 Å². The van der Waals surface area contributed by atoms with E-state index in [1.54, 1.807) is 12.3 Å². The molecule has 2 atom stereocenters. The van der Waals surface area contributed by atoms with Gasteiger partial charge in [0.2, 0.25) is 5.91 Å². The van der Waals surface area contributed by atoms with Gasteiger partial charge in [0.05, 0.1) is 6.26 Å². The molecule has 2 aliphatic rings. The Morgan fingerprint density at radius 3 is 2.70 bits per heavy atom. The number of amides is 1. The van der Waals surface area contributed by atoms with E-state index in [1.165, 1.54) is 4.31 Å². The minimum absolute atomic E-state index is 0.0153. The fourth-order valence-electron chi connectivity index (χ4n) is 2.67. The van der Waals surface area contributed by atoms with Crippen LogP contribution in [0.15, 0.2) is 22.8 Å². The molecule has 0 unspecified atom stereocenters. The van der Waals surface area contributed by atoms with Gasteiger partial charge in [0, 0.05) is 24.9 Å². The number of piperidine rings is 1. The minimum atomic E-state index is -3.68. The first kappa shape index (κ1) is 13.6. The van der Waals surface area contributed by atoms with E-state index in [4.69, 9.17) is 4.42 Å². The van der Waals surface area contributed by atoms with Crippen molar-refractivity contribution in [3.63, 3.8) is 0 Å². The molecule has 2 heterocycles. The summed E-state index contributed by atoms with van der Waals surface area (Å²) in [6.07, 6.45) is 4.96. The predicted molar refractivity (Wildman–Crippen MR) is 72.0 cm³/mol. The molecule has 20 heavy (non-hydrogen) atoms. The van der Waals surface area contributed by atoms with E-state index < -0.39 is 16.1 Å². The Labute approximate surface area is 118 Å². The lowest BCUT2D eigenvalue weighted by atomic mass is 10.2. The lowest BCUT2D eigenvalue weighted by molar-refractivity contribution is -0.120. The standard InChI is InChI=1S/C13H18N2O4S/c16-13(11-9-10(11)12-5-4-8-19-12)14-20(17,18)15-6-2-1-3-7-15/h4-5,8,10-11H,1-3,6-7,9H2,(H,14,16)/t10-,11+/m0/s1. The molecular weight excluding hydrogens is 280 g/mol. The van der Waals surface area contributed by atoms with E-state index in [0.29, 0.717) is 19.5 Å². The quantitative estimate of drug-likeness (QED) is 0.906. The van der Waals surface area contributed by atoms with Gasteiger partial charge in [0.1, 0.15) is 5.76 Å². The van der Waals surface area contributed by atoms with Crippen LogP contribution in [0.2, 0.25) is 0 Å². The van der Waals surface area contributed by atoms with E-state index in [-0.39, 0.29) is 11.8 Å². The molecule has 0 spiro atoms. The molecule has 0 bridgehead atoms. The fraction of sp³-hybridized carbons (Fsp3) is 0.615. The van der Waals surface area contributed by atoms with Crippen molar-refractivity contribution in [3.05, 3.63) is 24.2 Å². The minimum Gasteiger partial charge on any atom is -0.469 e. The van der Waals surface area contributed by atoms with Crippen LogP contribution in [0.3, 0.4) is 0 Å². The van der Waals surface area contributed by atoms with E-state index in [0.717, 1.165) is 25.0 Å². The summed E-state index contributed by atoms with van der Waals surface area (Å²) in [6, 6.07) is 3.59. The van der Waals surface area contributed by atoms with Crippen LogP contribution in [0.1, 0.15) is 37.4 Å². The number of nitrogens with zero attached hydrogens (tertiary/aromatic N) is 1. The normalized spacial score (nSPS) is 27.2. The Morgan fingerprint density at radius 1 is 1.30 bits per heavy atom. The van der Waals surface area contributed by atoms with Gasteiger partial charge in [-0.15, -0.1) is 0 Å². The summed E-state index contributed by atoms with van der Waals surface area (Å²) in [5, 5.41) is 0. The second kappa shape index (κ2) is 5.21. The summed E-state index contributed by atoms with van der Waals surface area (Å²) < 4.78 is 33.0. The summed E-state index contributed by atoms with van der Waals surface area (Å²) in [7, 11) is -3.68. The van der Waals surface area contributed by atoms with Crippen LogP contribution >= 0.6 is 0 Å². The Hall–Kier alpha value is -1.34. The fourth-order valence-corrected chi connectivity index (χ4v) is 3.95. The number of rotatable bonds is 4. The van der Waals surface area contributed by atoms with Crippen LogP contribution in [0.4, 0.5) is 0 Å². The summed E-state index contributed by atoms with van der Waals surface area (Å²) in [4.78, 5) is 12.0. The van der Waals surface area contributed by atoms with Gasteiger partial charge in [-0.25, -0.2) is 4.72 Å². The van der Waals surface area contributed by atoms with Crippen molar-refractivity contribution >= 4 is 16.1 Å². The first-order valence-electron chi connectivity index (χ1n) is 6.93. The Morgan fingerprint density at radius 2 is 2.05 bits per heavy atom. The maximum atomic E-state index is 12.1. The molecule has 2 fully saturated rings. The predicted octanol–water partition coefficient (Wildman–Crippen LogP) is 1.23. The van der Waals surface area contributed by atoms with Crippen molar-refractivity contribution in [3.8, 4) is 0 Å². The van der Waals surface area contributed by atoms with Crippen LogP contribution in [0, 0.1) is 5.92 Å².